The van der Waals surface area contributed by atoms with Crippen molar-refractivity contribution in [3.8, 4) is 5.75 Å². The molecule has 0 aliphatic heterocycles. The number of aromatic nitrogens is 1. The normalized spacial score (nSPS) is 10.5. The van der Waals surface area contributed by atoms with Crippen molar-refractivity contribution in [1.29, 1.82) is 0 Å². The van der Waals surface area contributed by atoms with Crippen molar-refractivity contribution in [1.82, 2.24) is 4.98 Å². The van der Waals surface area contributed by atoms with E-state index >= 15 is 0 Å². The molecule has 0 bridgehead atoms. The van der Waals surface area contributed by atoms with Crippen molar-refractivity contribution in [3.05, 3.63) is 57.8 Å². The van der Waals surface area contributed by atoms with Crippen LogP contribution >= 0.6 is 15.9 Å². The Hall–Kier alpha value is -1.39. The molecule has 4 heteroatoms. The minimum Gasteiger partial charge on any atom is -0.487 e. The maximum absolute atomic E-state index is 5.84. The van der Waals surface area contributed by atoms with Gasteiger partial charge in [0.15, 0.2) is 0 Å². The summed E-state index contributed by atoms with van der Waals surface area (Å²) in [4.78, 5) is 4.29. The zero-order valence-electron chi connectivity index (χ0n) is 10.9. The smallest absolute Gasteiger partial charge is 0.130 e. The molecule has 2 N–H and O–H groups in total. The van der Waals surface area contributed by atoms with Crippen molar-refractivity contribution >= 4 is 15.9 Å². The molecule has 0 aliphatic rings. The molecular formula is C15H17BrN2O. The number of ether oxygens (including phenoxy) is 1. The van der Waals surface area contributed by atoms with Crippen LogP contribution in [-0.2, 0) is 13.0 Å². The molecule has 0 saturated heterocycles. The van der Waals surface area contributed by atoms with Crippen molar-refractivity contribution in [2.75, 3.05) is 6.54 Å². The Morgan fingerprint density at radius 2 is 2.11 bits per heavy atom. The van der Waals surface area contributed by atoms with Crippen LogP contribution in [0.4, 0.5) is 0 Å². The fourth-order valence-electron chi connectivity index (χ4n) is 1.84. The van der Waals surface area contributed by atoms with Crippen molar-refractivity contribution in [3.63, 3.8) is 0 Å². The number of nitrogens with two attached hydrogens (primary N) is 1. The Kier molecular flexibility index (Phi) is 4.93. The topological polar surface area (TPSA) is 48.1 Å². The molecule has 0 fully saturated rings. The Morgan fingerprint density at radius 3 is 2.79 bits per heavy atom. The van der Waals surface area contributed by atoms with Gasteiger partial charge in [-0.25, -0.2) is 0 Å². The molecule has 3 nitrogen and oxygen atoms in total. The summed E-state index contributed by atoms with van der Waals surface area (Å²) in [6, 6.07) is 10.1. The molecule has 0 amide bonds. The van der Waals surface area contributed by atoms with Gasteiger partial charge in [0.1, 0.15) is 12.4 Å². The van der Waals surface area contributed by atoms with Crippen LogP contribution in [0, 0.1) is 6.92 Å². The van der Waals surface area contributed by atoms with Crippen LogP contribution in [0.15, 0.2) is 41.0 Å². The highest BCUT2D eigenvalue weighted by Crippen LogP contribution is 2.21. The van der Waals surface area contributed by atoms with Crippen LogP contribution in [0.2, 0.25) is 0 Å². The fraction of sp³-hybridized carbons (Fsp3) is 0.267. The molecule has 2 rings (SSSR count). The average Bonchev–Trinajstić information content (AvgIpc) is 2.40. The van der Waals surface area contributed by atoms with Gasteiger partial charge in [-0.15, -0.1) is 0 Å². The second-order valence-electron chi connectivity index (χ2n) is 4.41. The van der Waals surface area contributed by atoms with Crippen molar-refractivity contribution in [2.45, 2.75) is 20.0 Å². The summed E-state index contributed by atoms with van der Waals surface area (Å²) in [5, 5.41) is 0. The lowest BCUT2D eigenvalue weighted by molar-refractivity contribution is 0.298. The SMILES string of the molecule is Cc1ccc(OCc2ccc(Br)cn2)c(CCN)c1. The highest BCUT2D eigenvalue weighted by Gasteiger charge is 2.04. The van der Waals surface area contributed by atoms with Gasteiger partial charge in [-0.1, -0.05) is 17.7 Å². The maximum Gasteiger partial charge on any atom is 0.130 e. The molecular weight excluding hydrogens is 304 g/mol. The third-order valence-corrected chi connectivity index (χ3v) is 3.26. The maximum atomic E-state index is 5.84. The molecule has 0 atom stereocenters. The van der Waals surface area contributed by atoms with Gasteiger partial charge in [0.25, 0.3) is 0 Å². The minimum atomic E-state index is 0.466. The van der Waals surface area contributed by atoms with Gasteiger partial charge in [0.05, 0.1) is 5.69 Å². The lowest BCUT2D eigenvalue weighted by Crippen LogP contribution is -2.06. The standard InChI is InChI=1S/C15H17BrN2O/c1-11-2-5-15(12(8-11)6-7-17)19-10-14-4-3-13(16)9-18-14/h2-5,8-9H,6-7,10,17H2,1H3. The first kappa shape index (κ1) is 14.0. The minimum absolute atomic E-state index is 0.466. The van der Waals surface area contributed by atoms with E-state index in [1.54, 1.807) is 6.20 Å². The van der Waals surface area contributed by atoms with E-state index < -0.39 is 0 Å². The molecule has 100 valence electrons. The molecule has 0 aliphatic carbocycles. The second-order valence-corrected chi connectivity index (χ2v) is 5.32. The van der Waals surface area contributed by atoms with Crippen LogP contribution in [-0.4, -0.2) is 11.5 Å². The number of pyridine rings is 1. The highest BCUT2D eigenvalue weighted by molar-refractivity contribution is 9.10. The quantitative estimate of drug-likeness (QED) is 0.920. The van der Waals surface area contributed by atoms with E-state index in [0.717, 1.165) is 27.9 Å². The van der Waals surface area contributed by atoms with E-state index in [-0.39, 0.29) is 0 Å². The third-order valence-electron chi connectivity index (χ3n) is 2.79. The molecule has 0 unspecified atom stereocenters. The Bertz CT molecular complexity index is 540. The highest BCUT2D eigenvalue weighted by atomic mass is 79.9. The summed E-state index contributed by atoms with van der Waals surface area (Å²) in [6.07, 6.45) is 2.60. The van der Waals surface area contributed by atoms with Gasteiger partial charge in [-0.2, -0.15) is 0 Å². The van der Waals surface area contributed by atoms with Crippen LogP contribution in [0.25, 0.3) is 0 Å². The first-order chi connectivity index (χ1) is 9.19. The van der Waals surface area contributed by atoms with Crippen molar-refractivity contribution < 1.29 is 4.74 Å². The second kappa shape index (κ2) is 6.68. The third kappa shape index (κ3) is 4.04. The molecule has 1 aromatic heterocycles. The Morgan fingerprint density at radius 1 is 1.26 bits per heavy atom. The lowest BCUT2D eigenvalue weighted by atomic mass is 10.1. The molecule has 0 saturated carbocycles. The fourth-order valence-corrected chi connectivity index (χ4v) is 2.08. The van der Waals surface area contributed by atoms with Gasteiger partial charge in [0.2, 0.25) is 0 Å². The van der Waals surface area contributed by atoms with Crippen LogP contribution in [0.1, 0.15) is 16.8 Å². The van der Waals surface area contributed by atoms with Gasteiger partial charge >= 0.3 is 0 Å². The van der Waals surface area contributed by atoms with E-state index in [0.29, 0.717) is 13.2 Å². The van der Waals surface area contributed by atoms with E-state index in [1.807, 2.05) is 24.3 Å². The summed E-state index contributed by atoms with van der Waals surface area (Å²) in [6.45, 7) is 3.16. The summed E-state index contributed by atoms with van der Waals surface area (Å²) in [5.41, 5.74) is 8.91. The number of halogens is 1. The van der Waals surface area contributed by atoms with E-state index in [4.69, 9.17) is 10.5 Å². The first-order valence-electron chi connectivity index (χ1n) is 6.22. The van der Waals surface area contributed by atoms with E-state index in [1.165, 1.54) is 5.56 Å². The molecule has 2 aromatic rings. The lowest BCUT2D eigenvalue weighted by Gasteiger charge is -2.11. The van der Waals surface area contributed by atoms with Crippen LogP contribution in [0.5, 0.6) is 5.75 Å². The summed E-state index contributed by atoms with van der Waals surface area (Å²) < 4.78 is 6.81. The summed E-state index contributed by atoms with van der Waals surface area (Å²) >= 11 is 3.36. The number of hydrogen-bond acceptors (Lipinski definition) is 3. The Labute approximate surface area is 121 Å². The Balaban J connectivity index is 2.08. The molecule has 0 radical (unpaired) electrons. The summed E-state index contributed by atoms with van der Waals surface area (Å²) in [5.74, 6) is 0.890. The molecule has 1 heterocycles. The summed E-state index contributed by atoms with van der Waals surface area (Å²) in [7, 11) is 0. The number of aryl methyl sites for hydroxylation is 1. The van der Waals surface area contributed by atoms with E-state index in [2.05, 4.69) is 33.9 Å². The van der Waals surface area contributed by atoms with Gasteiger partial charge in [-0.3, -0.25) is 4.98 Å². The van der Waals surface area contributed by atoms with Gasteiger partial charge in [-0.05, 0) is 59.6 Å². The average molecular weight is 321 g/mol. The predicted octanol–water partition coefficient (Wildman–Crippen LogP) is 3.23. The number of nitrogens with zero attached hydrogens (tertiary/aromatic N) is 1. The van der Waals surface area contributed by atoms with Crippen LogP contribution in [0.3, 0.4) is 0 Å². The molecule has 1 aromatic carbocycles. The predicted molar refractivity (Wildman–Crippen MR) is 80.2 cm³/mol. The monoisotopic (exact) mass is 320 g/mol. The van der Waals surface area contributed by atoms with E-state index in [9.17, 15) is 0 Å². The van der Waals surface area contributed by atoms with Gasteiger partial charge < -0.3 is 10.5 Å². The number of benzene rings is 1. The largest absolute Gasteiger partial charge is 0.487 e. The van der Waals surface area contributed by atoms with Gasteiger partial charge in [0, 0.05) is 10.7 Å². The zero-order valence-corrected chi connectivity index (χ0v) is 12.5. The number of hydrogen-bond donors (Lipinski definition) is 1. The van der Waals surface area contributed by atoms with Crippen molar-refractivity contribution in [2.24, 2.45) is 5.73 Å². The molecule has 19 heavy (non-hydrogen) atoms. The first-order valence-corrected chi connectivity index (χ1v) is 7.01. The van der Waals surface area contributed by atoms with Crippen LogP contribution < -0.4 is 10.5 Å². The number of rotatable bonds is 5. The zero-order chi connectivity index (χ0) is 13.7. The molecule has 0 spiro atoms.